The maximum atomic E-state index is 11.9. The molecule has 0 aliphatic rings. The standard InChI is InChI=1S/C17H12ClN3O/c18-14-7-8-15(20-11-14)21-16(22)9-6-13-4-1-3-12-5-2-10-19-17(12)13/h1-11H,(H,20,21,22)/b9-6+. The monoisotopic (exact) mass is 309 g/mol. The number of anilines is 1. The number of aromatic nitrogens is 2. The first-order valence-corrected chi connectivity index (χ1v) is 7.04. The lowest BCUT2D eigenvalue weighted by molar-refractivity contribution is -0.111. The number of carbonyl (C=O) groups is 1. The smallest absolute Gasteiger partial charge is 0.249 e. The van der Waals surface area contributed by atoms with Crippen molar-refractivity contribution in [2.24, 2.45) is 0 Å². The highest BCUT2D eigenvalue weighted by molar-refractivity contribution is 6.30. The second-order valence-corrected chi connectivity index (χ2v) is 5.04. The molecule has 0 unspecified atom stereocenters. The number of pyridine rings is 2. The van der Waals surface area contributed by atoms with E-state index in [9.17, 15) is 4.79 Å². The van der Waals surface area contributed by atoms with Crippen LogP contribution in [0.4, 0.5) is 5.82 Å². The lowest BCUT2D eigenvalue weighted by Gasteiger charge is -2.02. The number of nitrogens with one attached hydrogen (secondary N) is 1. The molecule has 0 radical (unpaired) electrons. The molecule has 4 nitrogen and oxygen atoms in total. The number of halogens is 1. The Kier molecular flexibility index (Phi) is 4.12. The minimum Gasteiger partial charge on any atom is -0.307 e. The van der Waals surface area contributed by atoms with Crippen molar-refractivity contribution >= 4 is 40.3 Å². The van der Waals surface area contributed by atoms with Crippen LogP contribution in [0.1, 0.15) is 5.56 Å². The van der Waals surface area contributed by atoms with Crippen molar-refractivity contribution in [2.45, 2.75) is 0 Å². The van der Waals surface area contributed by atoms with E-state index in [4.69, 9.17) is 11.6 Å². The predicted molar refractivity (Wildman–Crippen MR) is 88.7 cm³/mol. The summed E-state index contributed by atoms with van der Waals surface area (Å²) in [6.07, 6.45) is 6.41. The molecule has 0 fully saturated rings. The van der Waals surface area contributed by atoms with Crippen LogP contribution in [0.2, 0.25) is 5.02 Å². The third kappa shape index (κ3) is 3.30. The van der Waals surface area contributed by atoms with Gasteiger partial charge in [-0.2, -0.15) is 0 Å². The van der Waals surface area contributed by atoms with E-state index in [0.29, 0.717) is 10.8 Å². The van der Waals surface area contributed by atoms with Crippen LogP contribution in [0.5, 0.6) is 0 Å². The van der Waals surface area contributed by atoms with Gasteiger partial charge < -0.3 is 5.32 Å². The molecule has 0 saturated heterocycles. The van der Waals surface area contributed by atoms with Gasteiger partial charge in [0, 0.05) is 29.4 Å². The molecule has 2 heterocycles. The summed E-state index contributed by atoms with van der Waals surface area (Å²) in [6, 6.07) is 13.0. The van der Waals surface area contributed by atoms with Crippen LogP contribution < -0.4 is 5.32 Å². The molecule has 0 atom stereocenters. The predicted octanol–water partition coefficient (Wildman–Crippen LogP) is 3.94. The Balaban J connectivity index is 1.78. The lowest BCUT2D eigenvalue weighted by atomic mass is 10.1. The fourth-order valence-corrected chi connectivity index (χ4v) is 2.16. The first-order valence-electron chi connectivity index (χ1n) is 6.67. The van der Waals surface area contributed by atoms with Gasteiger partial charge in [-0.1, -0.05) is 35.9 Å². The van der Waals surface area contributed by atoms with Gasteiger partial charge in [0.15, 0.2) is 0 Å². The SMILES string of the molecule is O=C(/C=C/c1cccc2cccnc12)Nc1ccc(Cl)cn1. The minimum atomic E-state index is -0.261. The highest BCUT2D eigenvalue weighted by Gasteiger charge is 2.01. The van der Waals surface area contributed by atoms with E-state index in [-0.39, 0.29) is 5.91 Å². The maximum Gasteiger partial charge on any atom is 0.249 e. The molecule has 0 aliphatic heterocycles. The van der Waals surface area contributed by atoms with Crippen molar-refractivity contribution in [3.8, 4) is 0 Å². The van der Waals surface area contributed by atoms with Gasteiger partial charge in [0.25, 0.3) is 0 Å². The van der Waals surface area contributed by atoms with Gasteiger partial charge in [0.1, 0.15) is 5.82 Å². The van der Waals surface area contributed by atoms with E-state index in [2.05, 4.69) is 15.3 Å². The van der Waals surface area contributed by atoms with Crippen LogP contribution in [0.3, 0.4) is 0 Å². The van der Waals surface area contributed by atoms with Crippen LogP contribution in [0.15, 0.2) is 60.9 Å². The summed E-state index contributed by atoms with van der Waals surface area (Å²) in [6.45, 7) is 0. The molecule has 3 aromatic rings. The van der Waals surface area contributed by atoms with E-state index in [1.807, 2.05) is 30.3 Å². The Hall–Kier alpha value is -2.72. The third-order valence-electron chi connectivity index (χ3n) is 3.06. The Morgan fingerprint density at radius 3 is 2.77 bits per heavy atom. The van der Waals surface area contributed by atoms with Crippen molar-refractivity contribution in [3.05, 3.63) is 71.5 Å². The van der Waals surface area contributed by atoms with Crippen molar-refractivity contribution < 1.29 is 4.79 Å². The summed E-state index contributed by atoms with van der Waals surface area (Å²) in [4.78, 5) is 20.3. The molecule has 1 aromatic carbocycles. The van der Waals surface area contributed by atoms with Gasteiger partial charge in [0.05, 0.1) is 10.5 Å². The largest absolute Gasteiger partial charge is 0.307 e. The topological polar surface area (TPSA) is 54.9 Å². The third-order valence-corrected chi connectivity index (χ3v) is 3.28. The molecule has 1 amide bonds. The lowest BCUT2D eigenvalue weighted by Crippen LogP contribution is -2.08. The summed E-state index contributed by atoms with van der Waals surface area (Å²) < 4.78 is 0. The fraction of sp³-hybridized carbons (Fsp3) is 0. The second-order valence-electron chi connectivity index (χ2n) is 4.61. The molecule has 1 N–H and O–H groups in total. The molecule has 5 heteroatoms. The highest BCUT2D eigenvalue weighted by atomic mass is 35.5. The number of rotatable bonds is 3. The summed E-state index contributed by atoms with van der Waals surface area (Å²) >= 11 is 5.75. The average Bonchev–Trinajstić information content (AvgIpc) is 2.55. The zero-order valence-electron chi connectivity index (χ0n) is 11.5. The minimum absolute atomic E-state index is 0.261. The van der Waals surface area contributed by atoms with Crippen LogP contribution >= 0.6 is 11.6 Å². The molecule has 22 heavy (non-hydrogen) atoms. The number of amides is 1. The van der Waals surface area contributed by atoms with E-state index < -0.39 is 0 Å². The van der Waals surface area contributed by atoms with E-state index in [1.165, 1.54) is 12.3 Å². The highest BCUT2D eigenvalue weighted by Crippen LogP contribution is 2.17. The van der Waals surface area contributed by atoms with Gasteiger partial charge in [-0.05, 0) is 24.3 Å². The van der Waals surface area contributed by atoms with Gasteiger partial charge in [-0.3, -0.25) is 9.78 Å². The van der Waals surface area contributed by atoms with Gasteiger partial charge >= 0.3 is 0 Å². The summed E-state index contributed by atoms with van der Waals surface area (Å²) in [5.41, 5.74) is 1.75. The normalized spacial score (nSPS) is 11.0. The number of para-hydroxylation sites is 1. The van der Waals surface area contributed by atoms with Crippen LogP contribution in [0.25, 0.3) is 17.0 Å². The van der Waals surface area contributed by atoms with E-state index in [0.717, 1.165) is 16.5 Å². The number of benzene rings is 1. The average molecular weight is 310 g/mol. The van der Waals surface area contributed by atoms with Crippen molar-refractivity contribution in [1.29, 1.82) is 0 Å². The number of hydrogen-bond acceptors (Lipinski definition) is 3. The number of fused-ring (bicyclic) bond motifs is 1. The van der Waals surface area contributed by atoms with Gasteiger partial charge in [0.2, 0.25) is 5.91 Å². The summed E-state index contributed by atoms with van der Waals surface area (Å²) in [7, 11) is 0. The van der Waals surface area contributed by atoms with Crippen LogP contribution in [0, 0.1) is 0 Å². The van der Waals surface area contributed by atoms with Crippen LogP contribution in [-0.4, -0.2) is 15.9 Å². The van der Waals surface area contributed by atoms with Crippen molar-refractivity contribution in [2.75, 3.05) is 5.32 Å². The molecular weight excluding hydrogens is 298 g/mol. The Morgan fingerprint density at radius 2 is 1.95 bits per heavy atom. The number of hydrogen-bond donors (Lipinski definition) is 1. The molecule has 0 saturated carbocycles. The van der Waals surface area contributed by atoms with Crippen molar-refractivity contribution in [3.63, 3.8) is 0 Å². The molecule has 2 aromatic heterocycles. The van der Waals surface area contributed by atoms with Gasteiger partial charge in [-0.25, -0.2) is 4.98 Å². The summed E-state index contributed by atoms with van der Waals surface area (Å²) in [5, 5.41) is 4.23. The second kappa shape index (κ2) is 6.37. The molecule has 0 spiro atoms. The Bertz CT molecular complexity index is 839. The Morgan fingerprint density at radius 1 is 1.09 bits per heavy atom. The molecule has 0 aliphatic carbocycles. The Labute approximate surface area is 132 Å². The fourth-order valence-electron chi connectivity index (χ4n) is 2.05. The molecule has 108 valence electrons. The molecule has 3 rings (SSSR count). The maximum absolute atomic E-state index is 11.9. The van der Waals surface area contributed by atoms with Gasteiger partial charge in [-0.15, -0.1) is 0 Å². The number of carbonyl (C=O) groups excluding carboxylic acids is 1. The zero-order chi connectivity index (χ0) is 15.4. The van der Waals surface area contributed by atoms with E-state index >= 15 is 0 Å². The molecule has 0 bridgehead atoms. The zero-order valence-corrected chi connectivity index (χ0v) is 12.3. The molecular formula is C17H12ClN3O. The van der Waals surface area contributed by atoms with Crippen molar-refractivity contribution in [1.82, 2.24) is 9.97 Å². The quantitative estimate of drug-likeness (QED) is 0.746. The summed E-state index contributed by atoms with van der Waals surface area (Å²) in [5.74, 6) is 0.192. The van der Waals surface area contributed by atoms with E-state index in [1.54, 1.807) is 24.4 Å². The first-order chi connectivity index (χ1) is 10.7. The van der Waals surface area contributed by atoms with Crippen LogP contribution in [-0.2, 0) is 4.79 Å². The number of nitrogens with zero attached hydrogens (tertiary/aromatic N) is 2. The first kappa shape index (κ1) is 14.2.